The molecule has 30 heavy (non-hydrogen) atoms. The third-order valence-electron chi connectivity index (χ3n) is 5.06. The van der Waals surface area contributed by atoms with Gasteiger partial charge in [0, 0.05) is 21.9 Å². The molecule has 4 N–H and O–H groups in total. The predicted octanol–water partition coefficient (Wildman–Crippen LogP) is 4.90. The molecule has 0 unspecified atom stereocenters. The van der Waals surface area contributed by atoms with Gasteiger partial charge in [-0.2, -0.15) is 0 Å². The number of amides is 1. The second kappa shape index (κ2) is 8.55. The number of carbonyl (C=O) groups is 1. The highest BCUT2D eigenvalue weighted by Crippen LogP contribution is 2.36. The van der Waals surface area contributed by atoms with E-state index in [-0.39, 0.29) is 23.2 Å². The van der Waals surface area contributed by atoms with Crippen molar-refractivity contribution in [1.29, 1.82) is 0 Å². The first-order valence-corrected chi connectivity index (χ1v) is 10.6. The number of nitrogens with one attached hydrogen (secondary N) is 1. The molecule has 0 saturated heterocycles. The van der Waals surface area contributed by atoms with Crippen molar-refractivity contribution in [2.24, 2.45) is 0 Å². The van der Waals surface area contributed by atoms with Crippen LogP contribution in [0.25, 0.3) is 5.76 Å². The van der Waals surface area contributed by atoms with E-state index in [1.807, 2.05) is 48.5 Å². The topological polar surface area (TPSA) is 89.8 Å². The Hall–Kier alpha value is -3.38. The number of fused-ring (bicyclic) bond motifs is 1. The number of aliphatic hydroxyl groups excluding tert-OH is 1. The van der Waals surface area contributed by atoms with Crippen molar-refractivity contribution in [2.75, 3.05) is 11.1 Å². The van der Waals surface area contributed by atoms with Gasteiger partial charge < -0.3 is 20.6 Å². The summed E-state index contributed by atoms with van der Waals surface area (Å²) in [6, 6.07) is 19.8. The smallest absolute Gasteiger partial charge is 0.256 e. The van der Waals surface area contributed by atoms with Crippen LogP contribution >= 0.6 is 11.8 Å². The zero-order chi connectivity index (χ0) is 21.1. The average Bonchev–Trinajstić information content (AvgIpc) is 2.76. The summed E-state index contributed by atoms with van der Waals surface area (Å²) < 4.78 is 0. The zero-order valence-electron chi connectivity index (χ0n) is 16.1. The number of aliphatic hydroxyl groups is 1. The van der Waals surface area contributed by atoms with Gasteiger partial charge in [-0.25, -0.2) is 0 Å². The fourth-order valence-corrected chi connectivity index (χ4v) is 4.47. The molecule has 0 aliphatic carbocycles. The van der Waals surface area contributed by atoms with Crippen LogP contribution in [0.3, 0.4) is 0 Å². The summed E-state index contributed by atoms with van der Waals surface area (Å²) >= 11 is 1.53. The second-order valence-corrected chi connectivity index (χ2v) is 8.06. The zero-order valence-corrected chi connectivity index (χ0v) is 16.9. The SMILES string of the molecule is O=C(Nc1ccccc1CCc1ccc(O)c(O)c1)C1=C(O)c2ccccc2SC1. The van der Waals surface area contributed by atoms with Crippen LogP contribution in [0.15, 0.2) is 77.2 Å². The molecule has 5 nitrogen and oxygen atoms in total. The van der Waals surface area contributed by atoms with Crippen molar-refractivity contribution in [3.05, 3.63) is 89.0 Å². The molecular weight excluding hydrogens is 398 g/mol. The van der Waals surface area contributed by atoms with Crippen LogP contribution in [0.1, 0.15) is 16.7 Å². The van der Waals surface area contributed by atoms with Crippen LogP contribution in [0.4, 0.5) is 5.69 Å². The van der Waals surface area contributed by atoms with E-state index < -0.39 is 0 Å². The van der Waals surface area contributed by atoms with E-state index in [4.69, 9.17) is 0 Å². The summed E-state index contributed by atoms with van der Waals surface area (Å²) in [5, 5.41) is 32.7. The number of carbonyl (C=O) groups excluding carboxylic acids is 1. The lowest BCUT2D eigenvalue weighted by molar-refractivity contribution is -0.112. The van der Waals surface area contributed by atoms with Gasteiger partial charge in [0.1, 0.15) is 5.76 Å². The summed E-state index contributed by atoms with van der Waals surface area (Å²) in [5.41, 5.74) is 3.56. The maximum absolute atomic E-state index is 12.9. The highest BCUT2D eigenvalue weighted by molar-refractivity contribution is 7.99. The largest absolute Gasteiger partial charge is 0.507 e. The van der Waals surface area contributed by atoms with Gasteiger partial charge in [0.15, 0.2) is 11.5 Å². The summed E-state index contributed by atoms with van der Waals surface area (Å²) in [6.07, 6.45) is 1.28. The maximum Gasteiger partial charge on any atom is 0.256 e. The summed E-state index contributed by atoms with van der Waals surface area (Å²) in [7, 11) is 0. The highest BCUT2D eigenvalue weighted by Gasteiger charge is 2.24. The van der Waals surface area contributed by atoms with Gasteiger partial charge in [-0.15, -0.1) is 11.8 Å². The number of aryl methyl sites for hydroxylation is 2. The van der Waals surface area contributed by atoms with E-state index in [0.717, 1.165) is 16.0 Å². The number of benzene rings is 3. The monoisotopic (exact) mass is 419 g/mol. The molecule has 1 aliphatic heterocycles. The Morgan fingerprint density at radius 1 is 0.900 bits per heavy atom. The van der Waals surface area contributed by atoms with Crippen molar-refractivity contribution >= 4 is 29.1 Å². The van der Waals surface area contributed by atoms with Crippen LogP contribution in [0.2, 0.25) is 0 Å². The molecule has 1 amide bonds. The lowest BCUT2D eigenvalue weighted by Crippen LogP contribution is -2.20. The molecule has 3 aromatic rings. The van der Waals surface area contributed by atoms with E-state index in [1.54, 1.807) is 6.07 Å². The van der Waals surface area contributed by atoms with Crippen LogP contribution in [-0.2, 0) is 17.6 Å². The van der Waals surface area contributed by atoms with Gasteiger partial charge in [-0.1, -0.05) is 42.5 Å². The second-order valence-electron chi connectivity index (χ2n) is 7.05. The van der Waals surface area contributed by atoms with E-state index in [0.29, 0.717) is 35.4 Å². The minimum absolute atomic E-state index is 0.0268. The maximum atomic E-state index is 12.9. The highest BCUT2D eigenvalue weighted by atomic mass is 32.2. The fourth-order valence-electron chi connectivity index (χ4n) is 3.40. The fraction of sp³-hybridized carbons (Fsp3) is 0.125. The lowest BCUT2D eigenvalue weighted by atomic mass is 10.0. The molecule has 0 saturated carbocycles. The van der Waals surface area contributed by atoms with Crippen molar-refractivity contribution in [2.45, 2.75) is 17.7 Å². The number of para-hydroxylation sites is 1. The van der Waals surface area contributed by atoms with Crippen LogP contribution < -0.4 is 5.32 Å². The van der Waals surface area contributed by atoms with E-state index in [2.05, 4.69) is 5.32 Å². The van der Waals surface area contributed by atoms with Gasteiger partial charge in [0.05, 0.1) is 5.57 Å². The lowest BCUT2D eigenvalue weighted by Gasteiger charge is -2.19. The molecular formula is C24H21NO4S. The first kappa shape index (κ1) is 19.9. The molecule has 1 heterocycles. The molecule has 0 aromatic heterocycles. The van der Waals surface area contributed by atoms with Gasteiger partial charge >= 0.3 is 0 Å². The van der Waals surface area contributed by atoms with E-state index >= 15 is 0 Å². The summed E-state index contributed by atoms with van der Waals surface area (Å²) in [4.78, 5) is 13.9. The molecule has 3 aromatic carbocycles. The Kier molecular flexibility index (Phi) is 5.68. The van der Waals surface area contributed by atoms with Crippen LogP contribution in [0.5, 0.6) is 11.5 Å². The van der Waals surface area contributed by atoms with Crippen molar-refractivity contribution in [1.82, 2.24) is 0 Å². The third-order valence-corrected chi connectivity index (χ3v) is 6.16. The van der Waals surface area contributed by atoms with E-state index in [9.17, 15) is 20.1 Å². The van der Waals surface area contributed by atoms with Crippen molar-refractivity contribution in [3.63, 3.8) is 0 Å². The minimum atomic E-state index is -0.316. The minimum Gasteiger partial charge on any atom is -0.507 e. The molecule has 0 bridgehead atoms. The number of hydrogen-bond donors (Lipinski definition) is 4. The Bertz CT molecular complexity index is 1140. The third kappa shape index (κ3) is 4.14. The molecule has 1 aliphatic rings. The first-order valence-electron chi connectivity index (χ1n) is 9.57. The average molecular weight is 420 g/mol. The summed E-state index contributed by atoms with van der Waals surface area (Å²) in [6.45, 7) is 0. The molecule has 0 radical (unpaired) electrons. The number of aromatic hydroxyl groups is 2. The number of hydrogen-bond acceptors (Lipinski definition) is 5. The number of rotatable bonds is 5. The van der Waals surface area contributed by atoms with Crippen LogP contribution in [0, 0.1) is 0 Å². The van der Waals surface area contributed by atoms with Crippen molar-refractivity contribution < 1.29 is 20.1 Å². The van der Waals surface area contributed by atoms with Crippen LogP contribution in [-0.4, -0.2) is 27.0 Å². The quantitative estimate of drug-likeness (QED) is 0.442. The van der Waals surface area contributed by atoms with Gasteiger partial charge in [0.2, 0.25) is 0 Å². The van der Waals surface area contributed by atoms with Gasteiger partial charge in [-0.3, -0.25) is 4.79 Å². The number of thioether (sulfide) groups is 1. The van der Waals surface area contributed by atoms with Gasteiger partial charge in [-0.05, 0) is 48.2 Å². The Morgan fingerprint density at radius 2 is 1.67 bits per heavy atom. The molecule has 6 heteroatoms. The number of anilines is 1. The Balaban J connectivity index is 1.51. The molecule has 0 atom stereocenters. The number of phenolic OH excluding ortho intramolecular Hbond substituents is 2. The molecule has 152 valence electrons. The first-order chi connectivity index (χ1) is 14.5. The molecule has 0 fully saturated rings. The normalized spacial score (nSPS) is 13.1. The molecule has 4 rings (SSSR count). The molecule has 0 spiro atoms. The Morgan fingerprint density at radius 3 is 2.50 bits per heavy atom. The van der Waals surface area contributed by atoms with Crippen molar-refractivity contribution in [3.8, 4) is 11.5 Å². The Labute approximate surface area is 178 Å². The standard InChI is InChI=1S/C24H21NO4S/c26-20-12-10-15(13-21(20)27)9-11-16-5-1-3-7-19(16)25-24(29)18-14-30-22-8-4-2-6-17(22)23(18)28/h1-8,10,12-13,26-28H,9,11,14H2,(H,25,29). The van der Waals surface area contributed by atoms with Gasteiger partial charge in [0.25, 0.3) is 5.91 Å². The predicted molar refractivity (Wildman–Crippen MR) is 119 cm³/mol. The number of phenols is 2. The summed E-state index contributed by atoms with van der Waals surface area (Å²) in [5.74, 6) is -0.176. The van der Waals surface area contributed by atoms with E-state index in [1.165, 1.54) is 23.9 Å².